The minimum absolute atomic E-state index is 1.22. The van der Waals surface area contributed by atoms with Gasteiger partial charge in [0.05, 0.1) is 0 Å². The number of rotatable bonds is 0. The van der Waals surface area contributed by atoms with Crippen LogP contribution in [0.2, 0.25) is 0 Å². The van der Waals surface area contributed by atoms with E-state index in [1.165, 1.54) is 5.00 Å². The van der Waals surface area contributed by atoms with Gasteiger partial charge in [-0.25, -0.2) is 0 Å². The molecule has 0 saturated heterocycles. The summed E-state index contributed by atoms with van der Waals surface area (Å²) in [6, 6.07) is 5.72. The molecule has 0 amide bonds. The normalized spacial score (nSPS) is 7.33. The van der Waals surface area contributed by atoms with Gasteiger partial charge in [-0.2, -0.15) is 0 Å². The third kappa shape index (κ3) is 7.36. The fourth-order valence-electron chi connectivity index (χ4n) is 0.313. The Bertz CT molecular complexity index is 97.8. The summed E-state index contributed by atoms with van der Waals surface area (Å²) in [6.45, 7) is 0. The molecule has 1 heterocycles. The van der Waals surface area contributed by atoms with Crippen LogP contribution in [0.1, 0.15) is 0 Å². The molecule has 1 rings (SSSR count). The van der Waals surface area contributed by atoms with E-state index in [9.17, 15) is 0 Å². The molecule has 50 valence electrons. The zero-order valence-corrected chi connectivity index (χ0v) is 5.42. The summed E-state index contributed by atoms with van der Waals surface area (Å²) in [5, 5.41) is 7.08. The van der Waals surface area contributed by atoms with Gasteiger partial charge >= 0.3 is 0 Å². The van der Waals surface area contributed by atoms with Crippen LogP contribution in [0.4, 0.5) is 0 Å². The summed E-state index contributed by atoms with van der Waals surface area (Å²) in [5.41, 5.74) is 0. The van der Waals surface area contributed by atoms with Crippen LogP contribution < -0.4 is 5.00 Å². The Hall–Kier alpha value is -0.640. The molecule has 0 aliphatic carbocycles. The van der Waals surface area contributed by atoms with E-state index in [0.29, 0.717) is 0 Å². The second-order valence-electron chi connectivity index (χ2n) is 1.11. The highest BCUT2D eigenvalue weighted by atomic mass is 35.5. The molecule has 1 aromatic rings. The molecule has 0 aliphatic heterocycles. The summed E-state index contributed by atoms with van der Waals surface area (Å²) in [5.74, 6) is 0. The number of nitrogens with one attached hydrogen (secondary N) is 1. The Morgan fingerprint density at radius 3 is 1.78 bits per heavy atom. The second-order valence-corrected chi connectivity index (χ2v) is 1.28. The Labute approximate surface area is 58.4 Å². The molecular formula is C5H7ClN2O. The smallest absolute Gasteiger partial charge is 0.0267 e. The molecule has 0 unspecified atom stereocenters. The average molecular weight is 147 g/mol. The van der Waals surface area contributed by atoms with Crippen LogP contribution in [0, 0.1) is 0 Å². The van der Waals surface area contributed by atoms with Crippen molar-refractivity contribution in [3.05, 3.63) is 30.6 Å². The van der Waals surface area contributed by atoms with E-state index in [4.69, 9.17) is 5.21 Å². The van der Waals surface area contributed by atoms with Gasteiger partial charge in [-0.1, -0.05) is 6.07 Å². The minimum atomic E-state index is 1.22. The van der Waals surface area contributed by atoms with E-state index in [-0.39, 0.29) is 0 Å². The fourth-order valence-corrected chi connectivity index (χ4v) is 0.313. The van der Waals surface area contributed by atoms with Crippen LogP contribution >= 0.6 is 11.8 Å². The van der Waals surface area contributed by atoms with Gasteiger partial charge in [-0.3, -0.25) is 4.98 Å². The van der Waals surface area contributed by atoms with Crippen molar-refractivity contribution in [2.45, 2.75) is 0 Å². The molecule has 0 aliphatic rings. The molecule has 0 atom stereocenters. The molecular weight excluding hydrogens is 140 g/mol. The van der Waals surface area contributed by atoms with Crippen molar-refractivity contribution in [2.24, 2.45) is 0 Å². The third-order valence-corrected chi connectivity index (χ3v) is 0.566. The SMILES string of the molecule is ONCl.c1ccncc1. The second kappa shape index (κ2) is 7.36. The Balaban J connectivity index is 0.000000187. The van der Waals surface area contributed by atoms with Gasteiger partial charge in [0.1, 0.15) is 0 Å². The predicted molar refractivity (Wildman–Crippen MR) is 35.0 cm³/mol. The highest BCUT2D eigenvalue weighted by Gasteiger charge is 1.58. The van der Waals surface area contributed by atoms with Crippen molar-refractivity contribution in [2.75, 3.05) is 0 Å². The fraction of sp³-hybridized carbons (Fsp3) is 0. The highest BCUT2D eigenvalue weighted by Crippen LogP contribution is 1.73. The van der Waals surface area contributed by atoms with Gasteiger partial charge < -0.3 is 5.21 Å². The molecule has 0 aromatic carbocycles. The molecule has 2 N–H and O–H groups in total. The molecule has 0 bridgehead atoms. The zero-order chi connectivity index (χ0) is 6.95. The zero-order valence-electron chi connectivity index (χ0n) is 4.66. The number of halogens is 1. The van der Waals surface area contributed by atoms with Crippen molar-refractivity contribution in [1.29, 1.82) is 0 Å². The lowest BCUT2D eigenvalue weighted by molar-refractivity contribution is 0.251. The van der Waals surface area contributed by atoms with Crippen LogP contribution in [0.15, 0.2) is 30.6 Å². The van der Waals surface area contributed by atoms with Crippen LogP contribution in [0.3, 0.4) is 0 Å². The van der Waals surface area contributed by atoms with E-state index >= 15 is 0 Å². The van der Waals surface area contributed by atoms with Gasteiger partial charge in [0.2, 0.25) is 0 Å². The maximum Gasteiger partial charge on any atom is 0.0267 e. The summed E-state index contributed by atoms with van der Waals surface area (Å²) < 4.78 is 0. The van der Waals surface area contributed by atoms with Crippen molar-refractivity contribution >= 4 is 11.8 Å². The lowest BCUT2D eigenvalue weighted by Gasteiger charge is -1.70. The number of hydrogen-bond donors (Lipinski definition) is 2. The largest absolute Gasteiger partial charge is 0.301 e. The predicted octanol–water partition coefficient (Wildman–Crippen LogP) is 1.20. The standard InChI is InChI=1S/C5H5N.ClH2NO/c1-2-4-6-5-3-1;1-2-3/h1-5H;2-3H. The Morgan fingerprint density at radius 1 is 1.22 bits per heavy atom. The molecule has 0 fully saturated rings. The van der Waals surface area contributed by atoms with Crippen molar-refractivity contribution in [3.8, 4) is 0 Å². The summed E-state index contributed by atoms with van der Waals surface area (Å²) in [4.78, 5) is 5.01. The Kier molecular flexibility index (Phi) is 6.84. The summed E-state index contributed by atoms with van der Waals surface area (Å²) in [6.07, 6.45) is 3.50. The first-order valence-electron chi connectivity index (χ1n) is 2.26. The monoisotopic (exact) mass is 146 g/mol. The molecule has 1 aromatic heterocycles. The van der Waals surface area contributed by atoms with Crippen LogP contribution in [-0.4, -0.2) is 10.2 Å². The first kappa shape index (κ1) is 8.36. The summed E-state index contributed by atoms with van der Waals surface area (Å²) in [7, 11) is 0. The maximum absolute atomic E-state index is 7.08. The van der Waals surface area contributed by atoms with E-state index in [1.807, 2.05) is 18.2 Å². The first-order valence-corrected chi connectivity index (χ1v) is 2.64. The van der Waals surface area contributed by atoms with E-state index < -0.39 is 0 Å². The molecule has 0 radical (unpaired) electrons. The molecule has 0 saturated carbocycles. The van der Waals surface area contributed by atoms with Crippen molar-refractivity contribution in [3.63, 3.8) is 0 Å². The van der Waals surface area contributed by atoms with Gasteiger partial charge in [0.15, 0.2) is 0 Å². The number of pyridine rings is 1. The minimum Gasteiger partial charge on any atom is -0.301 e. The quantitative estimate of drug-likeness (QED) is 0.427. The van der Waals surface area contributed by atoms with Crippen molar-refractivity contribution < 1.29 is 5.21 Å². The van der Waals surface area contributed by atoms with Crippen LogP contribution in [-0.2, 0) is 0 Å². The van der Waals surface area contributed by atoms with E-state index in [1.54, 1.807) is 12.4 Å². The number of aromatic nitrogens is 1. The summed E-state index contributed by atoms with van der Waals surface area (Å²) >= 11 is 4.30. The molecule has 9 heavy (non-hydrogen) atoms. The average Bonchev–Trinajstić information content (AvgIpc) is 1.93. The topological polar surface area (TPSA) is 45.1 Å². The lowest BCUT2D eigenvalue weighted by atomic mass is 10.5. The third-order valence-electron chi connectivity index (χ3n) is 0.566. The van der Waals surface area contributed by atoms with Gasteiger partial charge in [0, 0.05) is 24.2 Å². The number of hydrogen-bond acceptors (Lipinski definition) is 3. The van der Waals surface area contributed by atoms with Crippen LogP contribution in [0.5, 0.6) is 0 Å². The van der Waals surface area contributed by atoms with Crippen LogP contribution in [0.25, 0.3) is 0 Å². The first-order chi connectivity index (χ1) is 4.41. The molecule has 0 spiro atoms. The molecule has 4 heteroatoms. The van der Waals surface area contributed by atoms with E-state index in [2.05, 4.69) is 16.8 Å². The van der Waals surface area contributed by atoms with Gasteiger partial charge in [0.25, 0.3) is 0 Å². The van der Waals surface area contributed by atoms with E-state index in [0.717, 1.165) is 0 Å². The Morgan fingerprint density at radius 2 is 1.67 bits per heavy atom. The van der Waals surface area contributed by atoms with Crippen molar-refractivity contribution in [1.82, 2.24) is 9.98 Å². The lowest BCUT2D eigenvalue weighted by Crippen LogP contribution is -1.78. The van der Waals surface area contributed by atoms with Gasteiger partial charge in [-0.05, 0) is 12.1 Å². The number of nitrogens with zero attached hydrogens (tertiary/aromatic N) is 1. The van der Waals surface area contributed by atoms with Gasteiger partial charge in [-0.15, -0.1) is 5.00 Å². The maximum atomic E-state index is 7.08. The molecule has 3 nitrogen and oxygen atoms in total. The highest BCUT2D eigenvalue weighted by molar-refractivity contribution is 6.12.